The Labute approximate surface area is 217 Å². The minimum Gasteiger partial charge on any atom is -0.494 e. The Morgan fingerprint density at radius 1 is 1.00 bits per heavy atom. The fourth-order valence-corrected chi connectivity index (χ4v) is 4.16. The number of pyridine rings is 2. The number of halogens is 3. The molecule has 10 heteroatoms. The number of ether oxygens (including phenoxy) is 1. The van der Waals surface area contributed by atoms with Gasteiger partial charge in [-0.05, 0) is 43.7 Å². The van der Waals surface area contributed by atoms with Gasteiger partial charge in [0, 0.05) is 29.6 Å². The number of aliphatic hydroxyl groups is 1. The molecule has 0 unspecified atom stereocenters. The highest BCUT2D eigenvalue weighted by atomic mass is 19.4. The van der Waals surface area contributed by atoms with Gasteiger partial charge in [-0.1, -0.05) is 30.3 Å². The smallest absolute Gasteiger partial charge is 0.433 e. The Morgan fingerprint density at radius 2 is 1.71 bits per heavy atom. The van der Waals surface area contributed by atoms with Crippen LogP contribution in [0.2, 0.25) is 0 Å². The Bertz CT molecular complexity index is 1490. The van der Waals surface area contributed by atoms with E-state index in [9.17, 15) is 18.3 Å². The number of aromatic nitrogens is 2. The molecular formula is C28H26F3N5O2. The van der Waals surface area contributed by atoms with Gasteiger partial charge in [-0.15, -0.1) is 0 Å². The molecule has 0 saturated carbocycles. The molecule has 7 nitrogen and oxygen atoms in total. The van der Waals surface area contributed by atoms with Gasteiger partial charge in [-0.2, -0.15) is 18.4 Å². The lowest BCUT2D eigenvalue weighted by Gasteiger charge is -2.23. The summed E-state index contributed by atoms with van der Waals surface area (Å²) in [7, 11) is 1.55. The fraction of sp³-hybridized carbons (Fsp3) is 0.250. The second-order valence-corrected chi connectivity index (χ2v) is 9.10. The van der Waals surface area contributed by atoms with Crippen LogP contribution in [-0.4, -0.2) is 35.3 Å². The van der Waals surface area contributed by atoms with Gasteiger partial charge < -0.3 is 20.5 Å². The van der Waals surface area contributed by atoms with Crippen molar-refractivity contribution in [2.75, 3.05) is 30.8 Å². The minimum atomic E-state index is -4.70. The number of fused-ring (bicyclic) bond motifs is 1. The normalized spacial score (nSPS) is 11.7. The molecule has 2 aromatic carbocycles. The van der Waals surface area contributed by atoms with Crippen LogP contribution in [0.1, 0.15) is 30.7 Å². The summed E-state index contributed by atoms with van der Waals surface area (Å²) in [5.74, 6) is 0.625. The molecule has 0 aliphatic heterocycles. The van der Waals surface area contributed by atoms with E-state index in [1.807, 2.05) is 30.3 Å². The van der Waals surface area contributed by atoms with E-state index in [1.165, 1.54) is 26.0 Å². The van der Waals surface area contributed by atoms with E-state index in [0.29, 0.717) is 23.5 Å². The molecule has 0 aliphatic rings. The van der Waals surface area contributed by atoms with Crippen molar-refractivity contribution >= 4 is 22.4 Å². The van der Waals surface area contributed by atoms with Crippen LogP contribution in [0.4, 0.5) is 24.7 Å². The number of hydrogen-bond acceptors (Lipinski definition) is 7. The highest BCUT2D eigenvalue weighted by molar-refractivity contribution is 5.99. The molecule has 0 amide bonds. The van der Waals surface area contributed by atoms with Crippen LogP contribution >= 0.6 is 0 Å². The molecule has 0 radical (unpaired) electrons. The van der Waals surface area contributed by atoms with Crippen LogP contribution in [0.3, 0.4) is 0 Å². The fourth-order valence-electron chi connectivity index (χ4n) is 4.16. The standard InChI is InChI=1S/C28H26F3N5O2/c1-27(2,37)21-11-12-23(36-26(21)28(29,30)31)34-14-13-33-22-16-35-24-19(5-4-6-20(24)25(22)38-3)18-9-7-17(15-32)8-10-18/h4-12,16,33,37H,13-14H2,1-3H3,(H,34,36). The van der Waals surface area contributed by atoms with E-state index in [2.05, 4.69) is 26.7 Å². The maximum Gasteiger partial charge on any atom is 0.433 e. The lowest BCUT2D eigenvalue weighted by atomic mass is 9.96. The molecule has 0 fully saturated rings. The first-order chi connectivity index (χ1) is 18.0. The van der Waals surface area contributed by atoms with Crippen molar-refractivity contribution in [3.63, 3.8) is 0 Å². The summed E-state index contributed by atoms with van der Waals surface area (Å²) in [5, 5.41) is 26.0. The zero-order valence-electron chi connectivity index (χ0n) is 21.0. The monoisotopic (exact) mass is 521 g/mol. The number of rotatable bonds is 8. The number of nitrogens with zero attached hydrogens (tertiary/aromatic N) is 3. The zero-order valence-corrected chi connectivity index (χ0v) is 21.0. The van der Waals surface area contributed by atoms with Gasteiger partial charge >= 0.3 is 6.18 Å². The van der Waals surface area contributed by atoms with Crippen molar-refractivity contribution in [3.8, 4) is 22.9 Å². The summed E-state index contributed by atoms with van der Waals surface area (Å²) >= 11 is 0. The third-order valence-corrected chi connectivity index (χ3v) is 5.95. The topological polar surface area (TPSA) is 103 Å². The zero-order chi connectivity index (χ0) is 27.5. The number of alkyl halides is 3. The van der Waals surface area contributed by atoms with Gasteiger partial charge in [-0.25, -0.2) is 4.98 Å². The van der Waals surface area contributed by atoms with Crippen LogP contribution in [0.15, 0.2) is 60.8 Å². The second kappa shape index (κ2) is 10.6. The SMILES string of the molecule is COc1c(NCCNc2ccc(C(C)(C)O)c(C(F)(F)F)n2)cnc2c(-c3ccc(C#N)cc3)cccc12. The maximum atomic E-state index is 13.5. The molecule has 4 aromatic rings. The first kappa shape index (κ1) is 26.7. The van der Waals surface area contributed by atoms with Crippen molar-refractivity contribution in [1.82, 2.24) is 9.97 Å². The molecule has 0 saturated heterocycles. The van der Waals surface area contributed by atoms with Crippen LogP contribution in [0.25, 0.3) is 22.0 Å². The van der Waals surface area contributed by atoms with Gasteiger partial charge in [0.2, 0.25) is 0 Å². The summed E-state index contributed by atoms with van der Waals surface area (Å²) in [6.45, 7) is 3.18. The molecule has 4 rings (SSSR count). The summed E-state index contributed by atoms with van der Waals surface area (Å²) in [5.41, 5.74) is 0.626. The molecule has 0 bridgehead atoms. The van der Waals surface area contributed by atoms with Gasteiger partial charge in [0.25, 0.3) is 0 Å². The summed E-state index contributed by atoms with van der Waals surface area (Å²) in [6, 6.07) is 17.7. The molecule has 38 heavy (non-hydrogen) atoms. The first-order valence-corrected chi connectivity index (χ1v) is 11.8. The first-order valence-electron chi connectivity index (χ1n) is 11.8. The Kier molecular flexibility index (Phi) is 7.41. The van der Waals surface area contributed by atoms with Crippen LogP contribution in [0.5, 0.6) is 5.75 Å². The van der Waals surface area contributed by atoms with E-state index in [0.717, 1.165) is 22.0 Å². The average Bonchev–Trinajstić information content (AvgIpc) is 2.89. The Morgan fingerprint density at radius 3 is 2.34 bits per heavy atom. The van der Waals surface area contributed by atoms with E-state index in [1.54, 1.807) is 25.4 Å². The van der Waals surface area contributed by atoms with Crippen molar-refractivity contribution in [2.24, 2.45) is 0 Å². The number of nitrogens with one attached hydrogen (secondary N) is 2. The van der Waals surface area contributed by atoms with Crippen LogP contribution in [0, 0.1) is 11.3 Å². The van der Waals surface area contributed by atoms with Crippen molar-refractivity contribution < 1.29 is 23.0 Å². The molecular weight excluding hydrogens is 495 g/mol. The van der Waals surface area contributed by atoms with Crippen molar-refractivity contribution in [3.05, 3.63) is 77.6 Å². The summed E-state index contributed by atoms with van der Waals surface area (Å²) < 4.78 is 46.2. The van der Waals surface area contributed by atoms with E-state index < -0.39 is 17.5 Å². The van der Waals surface area contributed by atoms with E-state index in [-0.39, 0.29) is 17.9 Å². The second-order valence-electron chi connectivity index (χ2n) is 9.10. The molecule has 3 N–H and O–H groups in total. The predicted molar refractivity (Wildman–Crippen MR) is 140 cm³/mol. The predicted octanol–water partition coefficient (Wildman–Crippen LogP) is 5.95. The molecule has 2 aromatic heterocycles. The number of para-hydroxylation sites is 1. The highest BCUT2D eigenvalue weighted by Gasteiger charge is 2.39. The largest absolute Gasteiger partial charge is 0.494 e. The quantitative estimate of drug-likeness (QED) is 0.246. The summed E-state index contributed by atoms with van der Waals surface area (Å²) in [4.78, 5) is 8.33. The maximum absolute atomic E-state index is 13.5. The lowest BCUT2D eigenvalue weighted by molar-refractivity contribution is -0.143. The Balaban J connectivity index is 1.51. The third-order valence-electron chi connectivity index (χ3n) is 5.95. The van der Waals surface area contributed by atoms with Gasteiger partial charge in [-0.3, -0.25) is 4.98 Å². The summed E-state index contributed by atoms with van der Waals surface area (Å²) in [6.07, 6.45) is -3.06. The van der Waals surface area contributed by atoms with Gasteiger partial charge in [0.1, 0.15) is 5.82 Å². The van der Waals surface area contributed by atoms with E-state index >= 15 is 0 Å². The highest BCUT2D eigenvalue weighted by Crippen LogP contribution is 2.37. The molecule has 196 valence electrons. The molecule has 0 aliphatic carbocycles. The average molecular weight is 522 g/mol. The number of hydrogen-bond donors (Lipinski definition) is 3. The van der Waals surface area contributed by atoms with Crippen molar-refractivity contribution in [1.29, 1.82) is 5.26 Å². The minimum absolute atomic E-state index is 0.0442. The van der Waals surface area contributed by atoms with Crippen LogP contribution in [-0.2, 0) is 11.8 Å². The van der Waals surface area contributed by atoms with Gasteiger partial charge in [0.15, 0.2) is 11.4 Å². The van der Waals surface area contributed by atoms with Crippen molar-refractivity contribution in [2.45, 2.75) is 25.6 Å². The number of anilines is 2. The molecule has 0 atom stereocenters. The van der Waals surface area contributed by atoms with Gasteiger partial charge in [0.05, 0.1) is 41.7 Å². The lowest BCUT2D eigenvalue weighted by Crippen LogP contribution is -2.24. The number of nitriles is 1. The Hall–Kier alpha value is -4.36. The number of methoxy groups -OCH3 is 1. The van der Waals surface area contributed by atoms with E-state index in [4.69, 9.17) is 10.00 Å². The number of benzene rings is 2. The van der Waals surface area contributed by atoms with Crippen LogP contribution < -0.4 is 15.4 Å². The molecule has 0 spiro atoms. The molecule has 2 heterocycles. The third kappa shape index (κ3) is 5.63.